The van der Waals surface area contributed by atoms with E-state index in [2.05, 4.69) is 73.6 Å². The second kappa shape index (κ2) is 4.99. The molecule has 0 saturated carbocycles. The van der Waals surface area contributed by atoms with Crippen molar-refractivity contribution in [3.05, 3.63) is 42.5 Å². The monoisotopic (exact) mass is 242 g/mol. The van der Waals surface area contributed by atoms with Gasteiger partial charge < -0.3 is 10.2 Å². The average molecular weight is 242 g/mol. The van der Waals surface area contributed by atoms with Crippen molar-refractivity contribution < 1.29 is 0 Å². The van der Waals surface area contributed by atoms with Crippen LogP contribution in [0.2, 0.25) is 0 Å². The number of anilines is 1. The molecule has 0 heterocycles. The summed E-state index contributed by atoms with van der Waals surface area (Å²) in [6.07, 6.45) is 0. The van der Waals surface area contributed by atoms with E-state index in [0.29, 0.717) is 0 Å². The van der Waals surface area contributed by atoms with E-state index in [1.165, 1.54) is 16.5 Å². The van der Waals surface area contributed by atoms with Crippen molar-refractivity contribution in [1.29, 1.82) is 0 Å². The van der Waals surface area contributed by atoms with Crippen molar-refractivity contribution in [2.75, 3.05) is 25.5 Å². The van der Waals surface area contributed by atoms with Crippen LogP contribution >= 0.6 is 0 Å². The van der Waals surface area contributed by atoms with Crippen LogP contribution in [0, 0.1) is 0 Å². The van der Waals surface area contributed by atoms with Gasteiger partial charge in [-0.1, -0.05) is 30.3 Å². The highest BCUT2D eigenvalue weighted by Crippen LogP contribution is 2.25. The van der Waals surface area contributed by atoms with E-state index >= 15 is 0 Å². The third-order valence-electron chi connectivity index (χ3n) is 3.64. The molecule has 0 spiro atoms. The Hall–Kier alpha value is -1.54. The first kappa shape index (κ1) is 12.9. The maximum absolute atomic E-state index is 3.25. The van der Waals surface area contributed by atoms with Crippen LogP contribution in [0.5, 0.6) is 0 Å². The fourth-order valence-electron chi connectivity index (χ4n) is 2.29. The molecule has 0 aliphatic heterocycles. The van der Waals surface area contributed by atoms with Crippen molar-refractivity contribution in [3.63, 3.8) is 0 Å². The molecular weight excluding hydrogens is 220 g/mol. The van der Waals surface area contributed by atoms with Gasteiger partial charge in [0.25, 0.3) is 0 Å². The minimum Gasteiger partial charge on any atom is -0.368 e. The lowest BCUT2D eigenvalue weighted by Crippen LogP contribution is -2.48. The average Bonchev–Trinajstić information content (AvgIpc) is 2.37. The zero-order valence-corrected chi connectivity index (χ0v) is 11.7. The van der Waals surface area contributed by atoms with Gasteiger partial charge in [-0.05, 0) is 43.8 Å². The summed E-state index contributed by atoms with van der Waals surface area (Å²) in [6, 6.07) is 15.1. The van der Waals surface area contributed by atoms with Gasteiger partial charge >= 0.3 is 0 Å². The predicted molar refractivity (Wildman–Crippen MR) is 80.4 cm³/mol. The molecule has 0 atom stereocenters. The molecule has 96 valence electrons. The summed E-state index contributed by atoms with van der Waals surface area (Å²) in [5.74, 6) is 0. The number of benzene rings is 2. The molecule has 2 nitrogen and oxygen atoms in total. The van der Waals surface area contributed by atoms with Crippen molar-refractivity contribution in [2.45, 2.75) is 19.4 Å². The highest BCUT2D eigenvalue weighted by molar-refractivity contribution is 5.85. The summed E-state index contributed by atoms with van der Waals surface area (Å²) in [6.45, 7) is 5.45. The standard InChI is InChI=1S/C16H22N2/c1-16(2,12-17-3)18(4)15-10-9-13-7-5-6-8-14(13)11-15/h5-11,17H,12H2,1-4H3. The SMILES string of the molecule is CNCC(C)(C)N(C)c1ccc2ccccc2c1. The zero-order valence-electron chi connectivity index (χ0n) is 11.7. The van der Waals surface area contributed by atoms with Gasteiger partial charge in [-0.15, -0.1) is 0 Å². The highest BCUT2D eigenvalue weighted by Gasteiger charge is 2.22. The molecule has 2 heteroatoms. The van der Waals surface area contributed by atoms with Crippen LogP contribution in [0.25, 0.3) is 10.8 Å². The molecule has 18 heavy (non-hydrogen) atoms. The maximum atomic E-state index is 3.25. The van der Waals surface area contributed by atoms with E-state index in [9.17, 15) is 0 Å². The summed E-state index contributed by atoms with van der Waals surface area (Å²) < 4.78 is 0. The Labute approximate surface area is 110 Å². The topological polar surface area (TPSA) is 15.3 Å². The largest absolute Gasteiger partial charge is 0.368 e. The molecule has 0 bridgehead atoms. The van der Waals surface area contributed by atoms with Gasteiger partial charge in [0.2, 0.25) is 0 Å². The molecule has 0 aliphatic carbocycles. The Balaban J connectivity index is 2.36. The lowest BCUT2D eigenvalue weighted by molar-refractivity contribution is 0.463. The molecule has 0 unspecified atom stereocenters. The van der Waals surface area contributed by atoms with Gasteiger partial charge in [-0.2, -0.15) is 0 Å². The van der Waals surface area contributed by atoms with Crippen molar-refractivity contribution in [1.82, 2.24) is 5.32 Å². The van der Waals surface area contributed by atoms with Gasteiger partial charge in [0.15, 0.2) is 0 Å². The van der Waals surface area contributed by atoms with Crippen LogP contribution in [-0.2, 0) is 0 Å². The molecular formula is C16H22N2. The van der Waals surface area contributed by atoms with Gasteiger partial charge in [-0.3, -0.25) is 0 Å². The maximum Gasteiger partial charge on any atom is 0.0466 e. The number of nitrogens with zero attached hydrogens (tertiary/aromatic N) is 1. The summed E-state index contributed by atoms with van der Waals surface area (Å²) in [5, 5.41) is 5.84. The number of nitrogens with one attached hydrogen (secondary N) is 1. The van der Waals surface area contributed by atoms with Crippen LogP contribution in [-0.4, -0.2) is 26.2 Å². The van der Waals surface area contributed by atoms with Crippen LogP contribution < -0.4 is 10.2 Å². The number of likely N-dealkylation sites (N-methyl/N-ethyl adjacent to an activating group) is 2. The molecule has 0 saturated heterocycles. The van der Waals surface area contributed by atoms with E-state index in [4.69, 9.17) is 0 Å². The van der Waals surface area contributed by atoms with E-state index in [0.717, 1.165) is 6.54 Å². The molecule has 0 aliphatic rings. The second-order valence-corrected chi connectivity index (χ2v) is 5.43. The van der Waals surface area contributed by atoms with Gasteiger partial charge in [0, 0.05) is 24.8 Å². The van der Waals surface area contributed by atoms with Gasteiger partial charge in [0.05, 0.1) is 0 Å². The van der Waals surface area contributed by atoms with Crippen molar-refractivity contribution >= 4 is 16.5 Å². The molecule has 0 fully saturated rings. The first-order chi connectivity index (χ1) is 8.54. The fourth-order valence-corrected chi connectivity index (χ4v) is 2.29. The number of fused-ring (bicyclic) bond motifs is 1. The summed E-state index contributed by atoms with van der Waals surface area (Å²) in [4.78, 5) is 2.33. The Bertz CT molecular complexity index is 531. The second-order valence-electron chi connectivity index (χ2n) is 5.43. The first-order valence-electron chi connectivity index (χ1n) is 6.42. The lowest BCUT2D eigenvalue weighted by atomic mass is 10.0. The smallest absolute Gasteiger partial charge is 0.0466 e. The third-order valence-corrected chi connectivity index (χ3v) is 3.64. The minimum absolute atomic E-state index is 0.0945. The van der Waals surface area contributed by atoms with Crippen molar-refractivity contribution in [3.8, 4) is 0 Å². The van der Waals surface area contributed by atoms with Crippen LogP contribution in [0.4, 0.5) is 5.69 Å². The van der Waals surface area contributed by atoms with E-state index < -0.39 is 0 Å². The Kier molecular flexibility index (Phi) is 3.58. The fraction of sp³-hybridized carbons (Fsp3) is 0.375. The zero-order chi connectivity index (χ0) is 13.2. The number of hydrogen-bond donors (Lipinski definition) is 1. The third kappa shape index (κ3) is 2.49. The lowest BCUT2D eigenvalue weighted by Gasteiger charge is -2.37. The Morgan fingerprint density at radius 1 is 1.06 bits per heavy atom. The highest BCUT2D eigenvalue weighted by atomic mass is 15.2. The molecule has 1 N–H and O–H groups in total. The van der Waals surface area contributed by atoms with Crippen LogP contribution in [0.3, 0.4) is 0 Å². The van der Waals surface area contributed by atoms with Crippen LogP contribution in [0.1, 0.15) is 13.8 Å². The number of hydrogen-bond acceptors (Lipinski definition) is 2. The number of rotatable bonds is 4. The molecule has 0 radical (unpaired) electrons. The minimum atomic E-state index is 0.0945. The molecule has 2 aromatic rings. The van der Waals surface area contributed by atoms with Crippen molar-refractivity contribution in [2.24, 2.45) is 0 Å². The molecule has 0 aromatic heterocycles. The quantitative estimate of drug-likeness (QED) is 0.885. The van der Waals surface area contributed by atoms with Gasteiger partial charge in [-0.25, -0.2) is 0 Å². The Morgan fingerprint density at radius 2 is 1.72 bits per heavy atom. The summed E-state index contributed by atoms with van der Waals surface area (Å²) in [5.41, 5.74) is 1.35. The Morgan fingerprint density at radius 3 is 2.39 bits per heavy atom. The van der Waals surface area contributed by atoms with Crippen LogP contribution in [0.15, 0.2) is 42.5 Å². The predicted octanol–water partition coefficient (Wildman–Crippen LogP) is 3.27. The summed E-state index contributed by atoms with van der Waals surface area (Å²) >= 11 is 0. The van der Waals surface area contributed by atoms with E-state index in [-0.39, 0.29) is 5.54 Å². The summed E-state index contributed by atoms with van der Waals surface area (Å²) in [7, 11) is 4.15. The first-order valence-corrected chi connectivity index (χ1v) is 6.42. The molecule has 2 aromatic carbocycles. The molecule has 2 rings (SSSR count). The van der Waals surface area contributed by atoms with E-state index in [1.54, 1.807) is 0 Å². The normalized spacial score (nSPS) is 11.8. The molecule has 0 amide bonds. The van der Waals surface area contributed by atoms with E-state index in [1.807, 2.05) is 7.05 Å². The van der Waals surface area contributed by atoms with Gasteiger partial charge in [0.1, 0.15) is 0 Å².